The van der Waals surface area contributed by atoms with Crippen molar-refractivity contribution in [2.24, 2.45) is 0 Å². The SMILES string of the molecule is CCNC(=O)c1noc(-c2cc(CC)c(O)cc2O)c1C1C=CC(CN2CCOCC2)=CC1. The van der Waals surface area contributed by atoms with Crippen molar-refractivity contribution in [1.82, 2.24) is 15.4 Å². The second kappa shape index (κ2) is 10.2. The summed E-state index contributed by atoms with van der Waals surface area (Å²) in [5, 5.41) is 27.5. The summed E-state index contributed by atoms with van der Waals surface area (Å²) in [6.45, 7) is 8.46. The minimum Gasteiger partial charge on any atom is -0.508 e. The highest BCUT2D eigenvalue weighted by Gasteiger charge is 2.30. The molecule has 1 saturated heterocycles. The number of hydrogen-bond donors (Lipinski definition) is 3. The van der Waals surface area contributed by atoms with Crippen LogP contribution in [0.1, 0.15) is 47.8 Å². The van der Waals surface area contributed by atoms with Crippen LogP contribution in [0.25, 0.3) is 11.3 Å². The Bertz CT molecular complexity index is 1070. The first-order valence-corrected chi connectivity index (χ1v) is 11.5. The summed E-state index contributed by atoms with van der Waals surface area (Å²) in [6, 6.07) is 3.01. The molecule has 8 nitrogen and oxygen atoms in total. The number of nitrogens with one attached hydrogen (secondary N) is 1. The van der Waals surface area contributed by atoms with Gasteiger partial charge in [-0.1, -0.05) is 30.3 Å². The van der Waals surface area contributed by atoms with Crippen LogP contribution >= 0.6 is 0 Å². The molecule has 8 heteroatoms. The number of morpholine rings is 1. The van der Waals surface area contributed by atoms with Gasteiger partial charge in [-0.2, -0.15) is 0 Å². The molecule has 2 aliphatic rings. The number of phenolic OH excluding ortho intramolecular Hbond substituents is 2. The van der Waals surface area contributed by atoms with E-state index in [0.717, 1.165) is 32.8 Å². The van der Waals surface area contributed by atoms with Crippen LogP contribution in [0.15, 0.2) is 40.5 Å². The Kier molecular flexibility index (Phi) is 7.15. The van der Waals surface area contributed by atoms with Gasteiger partial charge in [0.15, 0.2) is 11.5 Å². The number of aryl methyl sites for hydroxylation is 1. The summed E-state index contributed by atoms with van der Waals surface area (Å²) in [4.78, 5) is 15.1. The maximum atomic E-state index is 12.7. The molecular formula is C25H31N3O5. The topological polar surface area (TPSA) is 108 Å². The first-order chi connectivity index (χ1) is 16.0. The third-order valence-electron chi connectivity index (χ3n) is 6.16. The van der Waals surface area contributed by atoms with E-state index < -0.39 is 0 Å². The molecule has 0 radical (unpaired) electrons. The molecule has 1 aromatic carbocycles. The largest absolute Gasteiger partial charge is 0.508 e. The van der Waals surface area contributed by atoms with E-state index in [1.54, 1.807) is 6.07 Å². The van der Waals surface area contributed by atoms with Gasteiger partial charge in [0.05, 0.1) is 18.8 Å². The number of phenols is 2. The maximum absolute atomic E-state index is 12.7. The number of benzene rings is 1. The first kappa shape index (κ1) is 23.1. The predicted octanol–water partition coefficient (Wildman–Crippen LogP) is 3.37. The van der Waals surface area contributed by atoms with Crippen LogP contribution in [-0.4, -0.2) is 65.6 Å². The van der Waals surface area contributed by atoms with Gasteiger partial charge in [-0.15, -0.1) is 0 Å². The Labute approximate surface area is 193 Å². The highest BCUT2D eigenvalue weighted by atomic mass is 16.5. The number of allylic oxidation sites excluding steroid dienone is 2. The molecular weight excluding hydrogens is 422 g/mol. The zero-order valence-electron chi connectivity index (χ0n) is 19.1. The molecule has 1 amide bonds. The monoisotopic (exact) mass is 453 g/mol. The summed E-state index contributed by atoms with van der Waals surface area (Å²) < 4.78 is 11.1. The van der Waals surface area contributed by atoms with E-state index in [4.69, 9.17) is 9.26 Å². The number of ether oxygens (including phenoxy) is 1. The van der Waals surface area contributed by atoms with E-state index in [-0.39, 0.29) is 29.0 Å². The van der Waals surface area contributed by atoms with Gasteiger partial charge in [-0.05, 0) is 37.0 Å². The molecule has 2 aromatic rings. The fourth-order valence-corrected chi connectivity index (χ4v) is 4.34. The van der Waals surface area contributed by atoms with Crippen LogP contribution in [0.4, 0.5) is 0 Å². The number of aromatic hydroxyl groups is 2. The fraction of sp³-hybridized carbons (Fsp3) is 0.440. The lowest BCUT2D eigenvalue weighted by Gasteiger charge is -2.28. The second-order valence-electron chi connectivity index (χ2n) is 8.35. The van der Waals surface area contributed by atoms with E-state index >= 15 is 0 Å². The van der Waals surface area contributed by atoms with Crippen LogP contribution in [0, 0.1) is 0 Å². The van der Waals surface area contributed by atoms with Gasteiger partial charge >= 0.3 is 0 Å². The average molecular weight is 454 g/mol. The quantitative estimate of drug-likeness (QED) is 0.590. The molecule has 3 N–H and O–H groups in total. The van der Waals surface area contributed by atoms with Gasteiger partial charge in [0, 0.05) is 43.7 Å². The molecule has 0 bridgehead atoms. The molecule has 1 unspecified atom stereocenters. The van der Waals surface area contributed by atoms with Crippen molar-refractivity contribution >= 4 is 5.91 Å². The molecule has 0 spiro atoms. The molecule has 1 aliphatic heterocycles. The van der Waals surface area contributed by atoms with Crippen LogP contribution in [0.5, 0.6) is 11.5 Å². The minimum atomic E-state index is -0.312. The number of carbonyl (C=O) groups is 1. The van der Waals surface area contributed by atoms with Crippen molar-refractivity contribution in [3.8, 4) is 22.8 Å². The summed E-state index contributed by atoms with van der Waals surface area (Å²) in [5.74, 6) is -0.184. The van der Waals surface area contributed by atoms with Crippen LogP contribution < -0.4 is 5.32 Å². The highest BCUT2D eigenvalue weighted by molar-refractivity contribution is 5.96. The fourth-order valence-electron chi connectivity index (χ4n) is 4.34. The second-order valence-corrected chi connectivity index (χ2v) is 8.35. The molecule has 1 atom stereocenters. The highest BCUT2D eigenvalue weighted by Crippen LogP contribution is 2.42. The molecule has 0 saturated carbocycles. The summed E-state index contributed by atoms with van der Waals surface area (Å²) >= 11 is 0. The van der Waals surface area contributed by atoms with Crippen LogP contribution in [0.3, 0.4) is 0 Å². The number of nitrogens with zero attached hydrogens (tertiary/aromatic N) is 2. The smallest absolute Gasteiger partial charge is 0.273 e. The summed E-state index contributed by atoms with van der Waals surface area (Å²) in [6.07, 6.45) is 7.63. The lowest BCUT2D eigenvalue weighted by atomic mass is 9.86. The molecule has 33 heavy (non-hydrogen) atoms. The van der Waals surface area contributed by atoms with E-state index in [1.807, 2.05) is 13.8 Å². The molecule has 176 valence electrons. The number of carbonyl (C=O) groups excluding carboxylic acids is 1. The van der Waals surface area contributed by atoms with Crippen LogP contribution in [0.2, 0.25) is 0 Å². The van der Waals surface area contributed by atoms with Gasteiger partial charge in [-0.3, -0.25) is 9.69 Å². The third kappa shape index (κ3) is 4.96. The number of hydrogen-bond acceptors (Lipinski definition) is 7. The standard InChI is InChI=1S/C25H31N3O5/c1-3-17-13-19(21(30)14-20(17)29)24-22(23(27-33-24)25(31)26-4-2)18-7-5-16(6-8-18)15-28-9-11-32-12-10-28/h5-7,13-14,18,29-30H,3-4,8-12,15H2,1-2H3,(H,26,31). The Balaban J connectivity index is 1.66. The maximum Gasteiger partial charge on any atom is 0.273 e. The minimum absolute atomic E-state index is 0.0250. The van der Waals surface area contributed by atoms with Crippen molar-refractivity contribution in [2.75, 3.05) is 39.4 Å². The van der Waals surface area contributed by atoms with Crippen molar-refractivity contribution < 1.29 is 24.3 Å². The van der Waals surface area contributed by atoms with E-state index in [1.165, 1.54) is 11.6 Å². The number of rotatable bonds is 7. The van der Waals surface area contributed by atoms with E-state index in [0.29, 0.717) is 41.8 Å². The molecule has 2 heterocycles. The Morgan fingerprint density at radius 3 is 2.67 bits per heavy atom. The third-order valence-corrected chi connectivity index (χ3v) is 6.16. The van der Waals surface area contributed by atoms with Crippen LogP contribution in [-0.2, 0) is 11.2 Å². The van der Waals surface area contributed by atoms with Crippen molar-refractivity contribution in [3.05, 3.63) is 52.8 Å². The lowest BCUT2D eigenvalue weighted by molar-refractivity contribution is 0.0425. The van der Waals surface area contributed by atoms with Gasteiger partial charge in [0.2, 0.25) is 0 Å². The Morgan fingerprint density at radius 2 is 2.00 bits per heavy atom. The van der Waals surface area contributed by atoms with Crippen molar-refractivity contribution in [1.29, 1.82) is 0 Å². The van der Waals surface area contributed by atoms with Gasteiger partial charge in [-0.25, -0.2) is 0 Å². The summed E-state index contributed by atoms with van der Waals surface area (Å²) in [5.41, 5.74) is 3.18. The normalized spacial score (nSPS) is 18.8. The molecule has 1 aliphatic carbocycles. The van der Waals surface area contributed by atoms with Gasteiger partial charge in [0.1, 0.15) is 11.5 Å². The van der Waals surface area contributed by atoms with Crippen molar-refractivity contribution in [2.45, 2.75) is 32.6 Å². The lowest BCUT2D eigenvalue weighted by Crippen LogP contribution is -2.37. The summed E-state index contributed by atoms with van der Waals surface area (Å²) in [7, 11) is 0. The zero-order chi connectivity index (χ0) is 23.4. The van der Waals surface area contributed by atoms with Crippen molar-refractivity contribution in [3.63, 3.8) is 0 Å². The Morgan fingerprint density at radius 1 is 1.21 bits per heavy atom. The molecule has 1 aromatic heterocycles. The Hall–Kier alpha value is -3.10. The zero-order valence-corrected chi connectivity index (χ0v) is 19.1. The number of aromatic nitrogens is 1. The molecule has 4 rings (SSSR count). The number of amides is 1. The van der Waals surface area contributed by atoms with Gasteiger partial charge < -0.3 is 24.8 Å². The molecule has 1 fully saturated rings. The van der Waals surface area contributed by atoms with E-state index in [2.05, 4.69) is 33.6 Å². The van der Waals surface area contributed by atoms with Gasteiger partial charge in [0.25, 0.3) is 5.91 Å². The van der Waals surface area contributed by atoms with E-state index in [9.17, 15) is 15.0 Å². The first-order valence-electron chi connectivity index (χ1n) is 11.5. The average Bonchev–Trinajstić information content (AvgIpc) is 3.25. The predicted molar refractivity (Wildman–Crippen MR) is 124 cm³/mol.